The van der Waals surface area contributed by atoms with Gasteiger partial charge in [-0.1, -0.05) is 127 Å². The maximum absolute atomic E-state index is 5.35. The Morgan fingerprint density at radius 2 is 1.02 bits per heavy atom. The lowest BCUT2D eigenvalue weighted by atomic mass is 10.0. The first kappa shape index (κ1) is 30.7. The van der Waals surface area contributed by atoms with Crippen LogP contribution in [0.2, 0.25) is 0 Å². The molecule has 0 aliphatic heterocycles. The van der Waals surface area contributed by atoms with Crippen molar-refractivity contribution in [3.05, 3.63) is 170 Å². The van der Waals surface area contributed by atoms with E-state index in [0.29, 0.717) is 17.5 Å². The van der Waals surface area contributed by atoms with Crippen molar-refractivity contribution in [2.75, 3.05) is 0 Å². The van der Waals surface area contributed by atoms with Gasteiger partial charge in [0.1, 0.15) is 0 Å². The molecule has 0 aliphatic rings. The summed E-state index contributed by atoms with van der Waals surface area (Å²) in [5.41, 5.74) is 6.32. The molecule has 0 radical (unpaired) electrons. The monoisotopic (exact) mass is 736 g/mol. The lowest BCUT2D eigenvalue weighted by Gasteiger charge is -2.13. The number of para-hydroxylation sites is 1. The molecule has 0 atom stereocenters. The fourth-order valence-corrected chi connectivity index (χ4v) is 10.7. The number of thiophene rings is 2. The largest absolute Gasteiger partial charge is 0.309 e. The molecule has 0 spiro atoms. The van der Waals surface area contributed by atoms with E-state index in [2.05, 4.69) is 156 Å². The summed E-state index contributed by atoms with van der Waals surface area (Å²) in [6.45, 7) is 0. The molecule has 0 fully saturated rings. The molecular formula is C49H28N4S2. The fourth-order valence-electron chi connectivity index (χ4n) is 8.33. The van der Waals surface area contributed by atoms with Gasteiger partial charge in [-0.05, 0) is 53.2 Å². The van der Waals surface area contributed by atoms with E-state index in [1.807, 2.05) is 18.2 Å². The summed E-state index contributed by atoms with van der Waals surface area (Å²) in [5.74, 6) is 1.97. The summed E-state index contributed by atoms with van der Waals surface area (Å²) in [4.78, 5) is 15.8. The average molecular weight is 737 g/mol. The second kappa shape index (κ2) is 11.9. The number of rotatable bonds is 4. The molecule has 0 N–H and O–H groups in total. The van der Waals surface area contributed by atoms with Crippen LogP contribution in [0.25, 0.3) is 113 Å². The minimum Gasteiger partial charge on any atom is -0.309 e. The van der Waals surface area contributed by atoms with Gasteiger partial charge in [-0.3, -0.25) is 0 Å². The summed E-state index contributed by atoms with van der Waals surface area (Å²) in [6.07, 6.45) is 0. The van der Waals surface area contributed by atoms with Crippen LogP contribution < -0.4 is 0 Å². The third kappa shape index (κ3) is 4.72. The van der Waals surface area contributed by atoms with Crippen LogP contribution in [0.4, 0.5) is 0 Å². The first-order chi connectivity index (χ1) is 27.2. The summed E-state index contributed by atoms with van der Waals surface area (Å²) in [5, 5.41) is 9.92. The molecule has 12 aromatic rings. The van der Waals surface area contributed by atoms with E-state index in [4.69, 9.17) is 15.0 Å². The summed E-state index contributed by atoms with van der Waals surface area (Å²) < 4.78 is 7.30. The van der Waals surface area contributed by atoms with Crippen LogP contribution in [0.15, 0.2) is 170 Å². The summed E-state index contributed by atoms with van der Waals surface area (Å²) in [7, 11) is 0. The number of benzene rings is 8. The Hall–Kier alpha value is -6.73. The SMILES string of the molecule is c1ccc(-c2nc(-c3ccc4c(c3)sc3ccccc34)nc(-c3cc(-n4c5ccccc5c5c6ccccc6ccc54)cc4c3sc3ccccc34)n2)cc1. The lowest BCUT2D eigenvalue weighted by Crippen LogP contribution is -2.01. The van der Waals surface area contributed by atoms with E-state index < -0.39 is 0 Å². The van der Waals surface area contributed by atoms with Crippen molar-refractivity contribution in [1.29, 1.82) is 0 Å². The van der Waals surface area contributed by atoms with Gasteiger partial charge >= 0.3 is 0 Å². The predicted molar refractivity (Wildman–Crippen MR) is 234 cm³/mol. The molecule has 4 aromatic heterocycles. The smallest absolute Gasteiger partial charge is 0.165 e. The number of hydrogen-bond donors (Lipinski definition) is 0. The maximum Gasteiger partial charge on any atom is 0.165 e. The fraction of sp³-hybridized carbons (Fsp3) is 0. The highest BCUT2D eigenvalue weighted by Gasteiger charge is 2.21. The van der Waals surface area contributed by atoms with Crippen molar-refractivity contribution in [3.8, 4) is 39.9 Å². The standard InChI is InChI=1S/C49H28N4S2/c1-2-13-30(14-3-1)47-50-48(31-22-24-36-34-16-7-10-20-42(34)54-44(36)26-31)52-49(51-47)39-28-32(27-38-35-17-8-11-21-43(35)55-46(38)39)53-40-19-9-6-18-37(40)45-33-15-5-4-12-29(33)23-25-41(45)53/h1-28H. The van der Waals surface area contributed by atoms with E-state index in [0.717, 1.165) is 32.6 Å². The molecule has 0 saturated carbocycles. The van der Waals surface area contributed by atoms with Gasteiger partial charge in [0.05, 0.1) is 11.0 Å². The molecule has 6 heteroatoms. The molecule has 12 rings (SSSR count). The Balaban J connectivity index is 1.16. The molecule has 0 bridgehead atoms. The third-order valence-electron chi connectivity index (χ3n) is 10.8. The van der Waals surface area contributed by atoms with Crippen LogP contribution in [0.3, 0.4) is 0 Å². The molecule has 4 nitrogen and oxygen atoms in total. The first-order valence-corrected chi connectivity index (χ1v) is 20.0. The molecule has 8 aromatic carbocycles. The lowest BCUT2D eigenvalue weighted by molar-refractivity contribution is 1.08. The van der Waals surface area contributed by atoms with Gasteiger partial charge in [-0.25, -0.2) is 15.0 Å². The highest BCUT2D eigenvalue weighted by Crippen LogP contribution is 2.44. The number of hydrogen-bond acceptors (Lipinski definition) is 5. The molecule has 0 amide bonds. The Labute approximate surface area is 323 Å². The van der Waals surface area contributed by atoms with Crippen molar-refractivity contribution in [1.82, 2.24) is 19.5 Å². The number of nitrogens with zero attached hydrogens (tertiary/aromatic N) is 4. The zero-order chi connectivity index (χ0) is 36.0. The van der Waals surface area contributed by atoms with E-state index in [1.54, 1.807) is 22.7 Å². The van der Waals surface area contributed by atoms with Gasteiger partial charge in [-0.15, -0.1) is 22.7 Å². The number of fused-ring (bicyclic) bond motifs is 11. The first-order valence-electron chi connectivity index (χ1n) is 18.4. The van der Waals surface area contributed by atoms with E-state index in [9.17, 15) is 0 Å². The zero-order valence-electron chi connectivity index (χ0n) is 29.3. The minimum absolute atomic E-state index is 0.653. The Morgan fingerprint density at radius 1 is 0.382 bits per heavy atom. The van der Waals surface area contributed by atoms with Crippen molar-refractivity contribution in [3.63, 3.8) is 0 Å². The van der Waals surface area contributed by atoms with E-state index >= 15 is 0 Å². The van der Waals surface area contributed by atoms with Gasteiger partial charge < -0.3 is 4.57 Å². The van der Waals surface area contributed by atoms with Gasteiger partial charge in [0.15, 0.2) is 17.5 Å². The van der Waals surface area contributed by atoms with Crippen LogP contribution in [-0.2, 0) is 0 Å². The quantitative estimate of drug-likeness (QED) is 0.181. The second-order valence-corrected chi connectivity index (χ2v) is 16.1. The van der Waals surface area contributed by atoms with Crippen molar-refractivity contribution in [2.45, 2.75) is 0 Å². The highest BCUT2D eigenvalue weighted by atomic mass is 32.1. The van der Waals surface area contributed by atoms with Gasteiger partial charge in [-0.2, -0.15) is 0 Å². The van der Waals surface area contributed by atoms with Gasteiger partial charge in [0.2, 0.25) is 0 Å². The molecular weight excluding hydrogens is 709 g/mol. The van der Waals surface area contributed by atoms with Gasteiger partial charge in [0.25, 0.3) is 0 Å². The van der Waals surface area contributed by atoms with Crippen molar-refractivity contribution in [2.24, 2.45) is 0 Å². The predicted octanol–water partition coefficient (Wildman–Crippen LogP) is 13.9. The normalized spacial score (nSPS) is 12.0. The Bertz CT molecular complexity index is 3500. The van der Waals surface area contributed by atoms with Crippen molar-refractivity contribution >= 4 is 95.6 Å². The summed E-state index contributed by atoms with van der Waals surface area (Å²) >= 11 is 3.60. The van der Waals surface area contributed by atoms with Crippen LogP contribution >= 0.6 is 22.7 Å². The Morgan fingerprint density at radius 3 is 1.85 bits per heavy atom. The Kier molecular flexibility index (Phi) is 6.64. The van der Waals surface area contributed by atoms with Crippen LogP contribution in [-0.4, -0.2) is 19.5 Å². The average Bonchev–Trinajstić information content (AvgIpc) is 3.93. The van der Waals surface area contributed by atoms with E-state index in [-0.39, 0.29) is 0 Å². The van der Waals surface area contributed by atoms with Crippen LogP contribution in [0, 0.1) is 0 Å². The number of aromatic nitrogens is 4. The molecule has 55 heavy (non-hydrogen) atoms. The molecule has 0 aliphatic carbocycles. The molecule has 4 heterocycles. The topological polar surface area (TPSA) is 43.6 Å². The van der Waals surface area contributed by atoms with Crippen LogP contribution in [0.1, 0.15) is 0 Å². The molecule has 256 valence electrons. The van der Waals surface area contributed by atoms with E-state index in [1.165, 1.54) is 62.7 Å². The van der Waals surface area contributed by atoms with Crippen molar-refractivity contribution < 1.29 is 0 Å². The highest BCUT2D eigenvalue weighted by molar-refractivity contribution is 7.26. The van der Waals surface area contributed by atoms with Crippen LogP contribution in [0.5, 0.6) is 0 Å². The summed E-state index contributed by atoms with van der Waals surface area (Å²) in [6, 6.07) is 60.8. The zero-order valence-corrected chi connectivity index (χ0v) is 30.9. The molecule has 0 unspecified atom stereocenters. The minimum atomic E-state index is 0.653. The second-order valence-electron chi connectivity index (χ2n) is 14.0. The molecule has 0 saturated heterocycles. The maximum atomic E-state index is 5.35. The van der Waals surface area contributed by atoms with Gasteiger partial charge in [0, 0.05) is 73.5 Å². The third-order valence-corrected chi connectivity index (χ3v) is 13.2.